The maximum absolute atomic E-state index is 5.69. The number of furan rings is 1. The molecule has 1 N–H and O–H groups in total. The highest BCUT2D eigenvalue weighted by Gasteiger charge is 2.25. The highest BCUT2D eigenvalue weighted by Crippen LogP contribution is 2.29. The van der Waals surface area contributed by atoms with Gasteiger partial charge in [0.05, 0.1) is 6.04 Å². The first-order chi connectivity index (χ1) is 8.20. The summed E-state index contributed by atoms with van der Waals surface area (Å²) >= 11 is 0. The molecule has 0 saturated heterocycles. The van der Waals surface area contributed by atoms with Crippen LogP contribution in [0.1, 0.15) is 63.5 Å². The normalized spacial score (nSPS) is 27.0. The van der Waals surface area contributed by atoms with E-state index in [-0.39, 0.29) is 0 Å². The standard InChI is InChI=1S/C15H25NO/c1-4-13-7-5-6-8-14(13)16-12(3)15-10-9-11(2)17-15/h9-10,12-14,16H,4-8H2,1-3H3. The summed E-state index contributed by atoms with van der Waals surface area (Å²) in [5.41, 5.74) is 0. The summed E-state index contributed by atoms with van der Waals surface area (Å²) < 4.78 is 5.69. The van der Waals surface area contributed by atoms with Crippen molar-refractivity contribution in [1.82, 2.24) is 5.32 Å². The maximum atomic E-state index is 5.69. The van der Waals surface area contributed by atoms with Gasteiger partial charge in [0.25, 0.3) is 0 Å². The van der Waals surface area contributed by atoms with E-state index < -0.39 is 0 Å². The first kappa shape index (κ1) is 12.7. The zero-order valence-electron chi connectivity index (χ0n) is 11.3. The van der Waals surface area contributed by atoms with E-state index >= 15 is 0 Å². The van der Waals surface area contributed by atoms with Crippen molar-refractivity contribution >= 4 is 0 Å². The Kier molecular flexibility index (Phi) is 4.27. The molecule has 17 heavy (non-hydrogen) atoms. The maximum Gasteiger partial charge on any atom is 0.120 e. The molecule has 2 heteroatoms. The molecule has 96 valence electrons. The Labute approximate surface area is 105 Å². The van der Waals surface area contributed by atoms with E-state index in [9.17, 15) is 0 Å². The summed E-state index contributed by atoms with van der Waals surface area (Å²) in [5, 5.41) is 3.76. The topological polar surface area (TPSA) is 25.2 Å². The summed E-state index contributed by atoms with van der Waals surface area (Å²) in [4.78, 5) is 0. The van der Waals surface area contributed by atoms with Crippen molar-refractivity contribution in [3.8, 4) is 0 Å². The molecule has 1 aromatic rings. The van der Waals surface area contributed by atoms with Crippen molar-refractivity contribution in [3.05, 3.63) is 23.7 Å². The van der Waals surface area contributed by atoms with Crippen LogP contribution < -0.4 is 5.32 Å². The number of aryl methyl sites for hydroxylation is 1. The van der Waals surface area contributed by atoms with Gasteiger partial charge in [0.15, 0.2) is 0 Å². The van der Waals surface area contributed by atoms with Gasteiger partial charge in [-0.3, -0.25) is 0 Å². The molecule has 0 aromatic carbocycles. The van der Waals surface area contributed by atoms with E-state index in [1.54, 1.807) is 0 Å². The molecule has 0 spiro atoms. The van der Waals surface area contributed by atoms with Crippen molar-refractivity contribution in [3.63, 3.8) is 0 Å². The van der Waals surface area contributed by atoms with Crippen LogP contribution in [-0.4, -0.2) is 6.04 Å². The number of nitrogens with one attached hydrogen (secondary N) is 1. The third kappa shape index (κ3) is 3.12. The average Bonchev–Trinajstić information content (AvgIpc) is 2.77. The minimum atomic E-state index is 0.334. The summed E-state index contributed by atoms with van der Waals surface area (Å²) in [6, 6.07) is 5.15. The second kappa shape index (κ2) is 5.72. The summed E-state index contributed by atoms with van der Waals surface area (Å²) in [5.74, 6) is 2.93. The largest absolute Gasteiger partial charge is 0.465 e. The molecule has 0 amide bonds. The summed E-state index contributed by atoms with van der Waals surface area (Å²) in [6.07, 6.45) is 6.78. The molecule has 3 atom stereocenters. The van der Waals surface area contributed by atoms with E-state index in [2.05, 4.69) is 25.2 Å². The molecule has 2 nitrogen and oxygen atoms in total. The number of rotatable bonds is 4. The fourth-order valence-corrected chi connectivity index (χ4v) is 3.01. The van der Waals surface area contributed by atoms with Crippen molar-refractivity contribution in [2.24, 2.45) is 5.92 Å². The molecule has 1 aliphatic carbocycles. The van der Waals surface area contributed by atoms with Crippen LogP contribution in [0.3, 0.4) is 0 Å². The molecule has 1 saturated carbocycles. The van der Waals surface area contributed by atoms with E-state index in [1.807, 2.05) is 13.0 Å². The van der Waals surface area contributed by atoms with Gasteiger partial charge < -0.3 is 9.73 Å². The molecule has 0 aliphatic heterocycles. The predicted molar refractivity (Wildman–Crippen MR) is 71.0 cm³/mol. The molecule has 1 aliphatic rings. The zero-order chi connectivity index (χ0) is 12.3. The van der Waals surface area contributed by atoms with Crippen LogP contribution in [0.25, 0.3) is 0 Å². The molecular formula is C15H25NO. The SMILES string of the molecule is CCC1CCCCC1NC(C)c1ccc(C)o1. The van der Waals surface area contributed by atoms with Gasteiger partial charge in [-0.15, -0.1) is 0 Å². The van der Waals surface area contributed by atoms with Gasteiger partial charge in [-0.25, -0.2) is 0 Å². The van der Waals surface area contributed by atoms with E-state index in [4.69, 9.17) is 4.42 Å². The number of hydrogen-bond donors (Lipinski definition) is 1. The Bertz CT molecular complexity index is 344. The average molecular weight is 235 g/mol. The van der Waals surface area contributed by atoms with Crippen LogP contribution >= 0.6 is 0 Å². The Morgan fingerprint density at radius 3 is 2.76 bits per heavy atom. The zero-order valence-corrected chi connectivity index (χ0v) is 11.3. The van der Waals surface area contributed by atoms with Gasteiger partial charge in [-0.2, -0.15) is 0 Å². The van der Waals surface area contributed by atoms with Crippen LogP contribution in [-0.2, 0) is 0 Å². The molecule has 2 rings (SSSR count). The lowest BCUT2D eigenvalue weighted by atomic mass is 9.82. The van der Waals surface area contributed by atoms with Gasteiger partial charge in [-0.1, -0.05) is 26.2 Å². The Balaban J connectivity index is 1.94. The van der Waals surface area contributed by atoms with Crippen LogP contribution in [0.15, 0.2) is 16.5 Å². The van der Waals surface area contributed by atoms with Crippen molar-refractivity contribution in [2.75, 3.05) is 0 Å². The van der Waals surface area contributed by atoms with Gasteiger partial charge in [0.1, 0.15) is 11.5 Å². The van der Waals surface area contributed by atoms with E-state index in [1.165, 1.54) is 32.1 Å². The second-order valence-electron chi connectivity index (χ2n) is 5.40. The van der Waals surface area contributed by atoms with E-state index in [0.717, 1.165) is 17.4 Å². The fourth-order valence-electron chi connectivity index (χ4n) is 3.01. The molecule has 0 bridgehead atoms. The monoisotopic (exact) mass is 235 g/mol. The minimum absolute atomic E-state index is 0.334. The molecule has 1 heterocycles. The smallest absolute Gasteiger partial charge is 0.120 e. The Hall–Kier alpha value is -0.760. The first-order valence-corrected chi connectivity index (χ1v) is 7.03. The Morgan fingerprint density at radius 1 is 1.35 bits per heavy atom. The van der Waals surface area contributed by atoms with Crippen LogP contribution in [0.5, 0.6) is 0 Å². The Morgan fingerprint density at radius 2 is 2.12 bits per heavy atom. The van der Waals surface area contributed by atoms with Gasteiger partial charge in [0, 0.05) is 6.04 Å². The molecule has 1 aromatic heterocycles. The van der Waals surface area contributed by atoms with Crippen molar-refractivity contribution in [1.29, 1.82) is 0 Å². The predicted octanol–water partition coefficient (Wildman–Crippen LogP) is 4.21. The molecular weight excluding hydrogens is 210 g/mol. The first-order valence-electron chi connectivity index (χ1n) is 7.03. The van der Waals surface area contributed by atoms with Gasteiger partial charge >= 0.3 is 0 Å². The molecule has 0 radical (unpaired) electrons. The number of hydrogen-bond acceptors (Lipinski definition) is 2. The van der Waals surface area contributed by atoms with Gasteiger partial charge in [-0.05, 0) is 44.7 Å². The highest BCUT2D eigenvalue weighted by atomic mass is 16.3. The van der Waals surface area contributed by atoms with Crippen LogP contribution in [0.2, 0.25) is 0 Å². The summed E-state index contributed by atoms with van der Waals surface area (Å²) in [7, 11) is 0. The quantitative estimate of drug-likeness (QED) is 0.845. The highest BCUT2D eigenvalue weighted by molar-refractivity contribution is 5.09. The van der Waals surface area contributed by atoms with Crippen molar-refractivity contribution < 1.29 is 4.42 Å². The third-order valence-corrected chi connectivity index (χ3v) is 4.09. The third-order valence-electron chi connectivity index (χ3n) is 4.09. The molecule has 1 fully saturated rings. The van der Waals surface area contributed by atoms with Crippen LogP contribution in [0.4, 0.5) is 0 Å². The minimum Gasteiger partial charge on any atom is -0.465 e. The molecule has 3 unspecified atom stereocenters. The fraction of sp³-hybridized carbons (Fsp3) is 0.733. The summed E-state index contributed by atoms with van der Waals surface area (Å²) in [6.45, 7) is 6.53. The second-order valence-corrected chi connectivity index (χ2v) is 5.40. The lowest BCUT2D eigenvalue weighted by Gasteiger charge is -2.33. The van der Waals surface area contributed by atoms with Crippen LogP contribution in [0, 0.1) is 12.8 Å². The van der Waals surface area contributed by atoms with Gasteiger partial charge in [0.2, 0.25) is 0 Å². The lowest BCUT2D eigenvalue weighted by molar-refractivity contribution is 0.232. The van der Waals surface area contributed by atoms with E-state index in [0.29, 0.717) is 12.1 Å². The van der Waals surface area contributed by atoms with Crippen molar-refractivity contribution in [2.45, 2.75) is 65.0 Å². The lowest BCUT2D eigenvalue weighted by Crippen LogP contribution is -2.39.